The minimum absolute atomic E-state index is 0.0108. The van der Waals surface area contributed by atoms with Gasteiger partial charge in [-0.25, -0.2) is 0 Å². The number of halogens is 1. The number of ether oxygens (including phenoxy) is 1. The Kier molecular flexibility index (Phi) is 5.84. The molecule has 1 N–H and O–H groups in total. The largest absolute Gasteiger partial charge is 0.461 e. The molecule has 2 heterocycles. The number of aromatic nitrogens is 3. The Morgan fingerprint density at radius 3 is 2.89 bits per heavy atom. The average Bonchev–Trinajstić information content (AvgIpc) is 2.36. The summed E-state index contributed by atoms with van der Waals surface area (Å²) in [4.78, 5) is 12.2. The van der Waals surface area contributed by atoms with Crippen molar-refractivity contribution in [3.05, 3.63) is 5.28 Å². The summed E-state index contributed by atoms with van der Waals surface area (Å²) >= 11 is 9.83. The van der Waals surface area contributed by atoms with E-state index >= 15 is 0 Å². The summed E-state index contributed by atoms with van der Waals surface area (Å²) in [5.74, 6) is 4.08. The van der Waals surface area contributed by atoms with Crippen molar-refractivity contribution in [2.45, 2.75) is 25.2 Å². The van der Waals surface area contributed by atoms with E-state index in [1.807, 2.05) is 37.4 Å². The molecule has 0 spiro atoms. The van der Waals surface area contributed by atoms with Gasteiger partial charge in [-0.3, -0.25) is 0 Å². The highest BCUT2D eigenvalue weighted by molar-refractivity contribution is 8.06. The summed E-state index contributed by atoms with van der Waals surface area (Å²) in [6.45, 7) is 4.67. The molecule has 1 aliphatic rings. The summed E-state index contributed by atoms with van der Waals surface area (Å²) in [6, 6.07) is 0.267. The third kappa shape index (κ3) is 5.24. The SMILES string of the molecule is CC(C)Oc1nc(Cl)nc(NCC2CSCCS2)n1. The van der Waals surface area contributed by atoms with E-state index in [9.17, 15) is 0 Å². The molecule has 106 valence electrons. The minimum Gasteiger partial charge on any atom is -0.461 e. The maximum absolute atomic E-state index is 5.86. The van der Waals surface area contributed by atoms with Crippen molar-refractivity contribution in [2.24, 2.45) is 0 Å². The van der Waals surface area contributed by atoms with Gasteiger partial charge in [0.25, 0.3) is 0 Å². The van der Waals surface area contributed by atoms with Gasteiger partial charge in [-0.2, -0.15) is 38.5 Å². The van der Waals surface area contributed by atoms with Gasteiger partial charge < -0.3 is 10.1 Å². The number of hydrogen-bond donors (Lipinski definition) is 1. The lowest BCUT2D eigenvalue weighted by molar-refractivity contribution is 0.222. The Morgan fingerprint density at radius 2 is 2.21 bits per heavy atom. The first-order valence-corrected chi connectivity index (χ1v) is 8.73. The van der Waals surface area contributed by atoms with Gasteiger partial charge in [-0.15, -0.1) is 0 Å². The van der Waals surface area contributed by atoms with E-state index in [0.29, 0.717) is 11.2 Å². The monoisotopic (exact) mass is 320 g/mol. The molecule has 2 rings (SSSR count). The van der Waals surface area contributed by atoms with Crippen molar-refractivity contribution in [3.63, 3.8) is 0 Å². The van der Waals surface area contributed by atoms with Crippen molar-refractivity contribution in [1.82, 2.24) is 15.0 Å². The molecule has 0 aliphatic carbocycles. The van der Waals surface area contributed by atoms with Crippen LogP contribution in [0.4, 0.5) is 5.95 Å². The molecule has 1 saturated heterocycles. The predicted molar refractivity (Wildman–Crippen MR) is 82.7 cm³/mol. The molecule has 0 saturated carbocycles. The van der Waals surface area contributed by atoms with Crippen LogP contribution in [0.1, 0.15) is 13.8 Å². The lowest BCUT2D eigenvalue weighted by atomic mass is 10.5. The number of nitrogens with zero attached hydrogens (tertiary/aromatic N) is 3. The van der Waals surface area contributed by atoms with Gasteiger partial charge >= 0.3 is 6.01 Å². The second kappa shape index (κ2) is 7.40. The first kappa shape index (κ1) is 15.0. The number of nitrogens with one attached hydrogen (secondary N) is 1. The summed E-state index contributed by atoms with van der Waals surface area (Å²) in [5.41, 5.74) is 0. The average molecular weight is 321 g/mol. The van der Waals surface area contributed by atoms with Gasteiger partial charge in [0.15, 0.2) is 0 Å². The highest BCUT2D eigenvalue weighted by atomic mass is 35.5. The molecule has 5 nitrogen and oxygen atoms in total. The molecule has 8 heteroatoms. The number of rotatable bonds is 5. The van der Waals surface area contributed by atoms with Gasteiger partial charge in [-0.05, 0) is 25.4 Å². The minimum atomic E-state index is 0.0108. The van der Waals surface area contributed by atoms with Crippen LogP contribution in [0.2, 0.25) is 5.28 Å². The van der Waals surface area contributed by atoms with E-state index in [-0.39, 0.29) is 17.4 Å². The lowest BCUT2D eigenvalue weighted by Crippen LogP contribution is -2.24. The number of thioether (sulfide) groups is 2. The van der Waals surface area contributed by atoms with Gasteiger partial charge in [0.2, 0.25) is 11.2 Å². The summed E-state index contributed by atoms with van der Waals surface area (Å²) in [7, 11) is 0. The fourth-order valence-electron chi connectivity index (χ4n) is 1.53. The normalized spacial score (nSPS) is 19.5. The van der Waals surface area contributed by atoms with Crippen LogP contribution < -0.4 is 10.1 Å². The van der Waals surface area contributed by atoms with E-state index in [1.54, 1.807) is 0 Å². The summed E-state index contributed by atoms with van der Waals surface area (Å²) in [6.07, 6.45) is 0.0108. The molecule has 1 aliphatic heterocycles. The third-order valence-electron chi connectivity index (χ3n) is 2.30. The molecular formula is C11H17ClN4OS2. The van der Waals surface area contributed by atoms with E-state index < -0.39 is 0 Å². The standard InChI is InChI=1S/C11H17ClN4OS2/c1-7(2)17-11-15-9(12)14-10(16-11)13-5-8-6-18-3-4-19-8/h7-8H,3-6H2,1-2H3,(H,13,14,15,16). The quantitative estimate of drug-likeness (QED) is 0.894. The van der Waals surface area contributed by atoms with Crippen molar-refractivity contribution in [1.29, 1.82) is 0 Å². The highest BCUT2D eigenvalue weighted by Crippen LogP contribution is 2.24. The predicted octanol–water partition coefficient (Wildman–Crippen LogP) is 2.57. The van der Waals surface area contributed by atoms with Crippen LogP contribution >= 0.6 is 35.1 Å². The first-order valence-electron chi connectivity index (χ1n) is 6.15. The summed E-state index contributed by atoms with van der Waals surface area (Å²) < 4.78 is 5.43. The van der Waals surface area contributed by atoms with Crippen molar-refractivity contribution in [2.75, 3.05) is 29.1 Å². The molecule has 1 aromatic rings. The second-order valence-corrected chi connectivity index (χ2v) is 7.22. The third-order valence-corrected chi connectivity index (χ3v) is 5.32. The fourth-order valence-corrected chi connectivity index (χ4v) is 4.30. The number of anilines is 1. The topological polar surface area (TPSA) is 59.9 Å². The molecule has 1 fully saturated rings. The van der Waals surface area contributed by atoms with Crippen LogP contribution in [0.3, 0.4) is 0 Å². The molecule has 0 amide bonds. The molecule has 19 heavy (non-hydrogen) atoms. The van der Waals surface area contributed by atoms with E-state index in [1.165, 1.54) is 11.5 Å². The van der Waals surface area contributed by atoms with Gasteiger partial charge in [0, 0.05) is 29.1 Å². The van der Waals surface area contributed by atoms with Crippen molar-refractivity contribution in [3.8, 4) is 6.01 Å². The van der Waals surface area contributed by atoms with Crippen molar-refractivity contribution < 1.29 is 4.74 Å². The van der Waals surface area contributed by atoms with Crippen molar-refractivity contribution >= 4 is 41.1 Å². The van der Waals surface area contributed by atoms with Crippen LogP contribution in [0.15, 0.2) is 0 Å². The maximum atomic E-state index is 5.86. The zero-order valence-corrected chi connectivity index (χ0v) is 13.3. The Bertz CT molecular complexity index is 416. The van der Waals surface area contributed by atoms with Crippen LogP contribution in [0.5, 0.6) is 6.01 Å². The zero-order chi connectivity index (χ0) is 13.7. The molecule has 1 atom stereocenters. The lowest BCUT2D eigenvalue weighted by Gasteiger charge is -2.21. The summed E-state index contributed by atoms with van der Waals surface area (Å²) in [5, 5.41) is 3.95. The maximum Gasteiger partial charge on any atom is 0.322 e. The Balaban J connectivity index is 1.93. The molecule has 0 aromatic carbocycles. The Hall–Kier alpha value is -0.400. The van der Waals surface area contributed by atoms with Crippen LogP contribution in [0, 0.1) is 0 Å². The second-order valence-electron chi connectivity index (χ2n) is 4.33. The van der Waals surface area contributed by atoms with E-state index in [2.05, 4.69) is 20.3 Å². The zero-order valence-electron chi connectivity index (χ0n) is 10.9. The van der Waals surface area contributed by atoms with Gasteiger partial charge in [-0.1, -0.05) is 0 Å². The van der Waals surface area contributed by atoms with Crippen LogP contribution in [-0.2, 0) is 0 Å². The van der Waals surface area contributed by atoms with Gasteiger partial charge in [0.1, 0.15) is 0 Å². The molecular weight excluding hydrogens is 304 g/mol. The first-order chi connectivity index (χ1) is 9.13. The van der Waals surface area contributed by atoms with Crippen LogP contribution in [-0.4, -0.2) is 50.1 Å². The Morgan fingerprint density at radius 1 is 1.37 bits per heavy atom. The highest BCUT2D eigenvalue weighted by Gasteiger charge is 2.15. The molecule has 0 radical (unpaired) electrons. The molecule has 1 unspecified atom stereocenters. The number of hydrogen-bond acceptors (Lipinski definition) is 7. The Labute approximate surface area is 126 Å². The van der Waals surface area contributed by atoms with E-state index in [0.717, 1.165) is 12.3 Å². The smallest absolute Gasteiger partial charge is 0.322 e. The fraction of sp³-hybridized carbons (Fsp3) is 0.727. The van der Waals surface area contributed by atoms with E-state index in [4.69, 9.17) is 16.3 Å². The molecule has 0 bridgehead atoms. The van der Waals surface area contributed by atoms with Gasteiger partial charge in [0.05, 0.1) is 6.10 Å². The van der Waals surface area contributed by atoms with Crippen LogP contribution in [0.25, 0.3) is 0 Å². The molecule has 1 aromatic heterocycles.